The first-order valence-corrected chi connectivity index (χ1v) is 7.91. The third-order valence-corrected chi connectivity index (χ3v) is 4.51. The van der Waals surface area contributed by atoms with E-state index in [4.69, 9.17) is 0 Å². The van der Waals surface area contributed by atoms with Crippen LogP contribution in [0.2, 0.25) is 0 Å². The van der Waals surface area contributed by atoms with Gasteiger partial charge in [-0.05, 0) is 38.7 Å². The van der Waals surface area contributed by atoms with Crippen molar-refractivity contribution in [1.29, 1.82) is 0 Å². The molecule has 0 unspecified atom stereocenters. The first-order valence-electron chi connectivity index (χ1n) is 7.91. The Morgan fingerprint density at radius 2 is 2.10 bits per heavy atom. The monoisotopic (exact) mass is 285 g/mol. The molecule has 1 aliphatic carbocycles. The fourth-order valence-electron chi connectivity index (χ4n) is 3.35. The summed E-state index contributed by atoms with van der Waals surface area (Å²) in [5.74, 6) is 1.47. The van der Waals surface area contributed by atoms with Crippen LogP contribution in [0.1, 0.15) is 50.5 Å². The van der Waals surface area contributed by atoms with Crippen LogP contribution in [0.5, 0.6) is 0 Å². The Balaban J connectivity index is 2.01. The van der Waals surface area contributed by atoms with Crippen molar-refractivity contribution >= 4 is 11.6 Å². The molecule has 21 heavy (non-hydrogen) atoms. The van der Waals surface area contributed by atoms with E-state index in [-0.39, 0.29) is 5.56 Å². The molecule has 1 aliphatic rings. The SMILES string of the molecule is C/C=C/c1ncc2c(=O)n(CC3CCCCC3)c(C)cn12. The van der Waals surface area contributed by atoms with Gasteiger partial charge in [-0.1, -0.05) is 25.3 Å². The quantitative estimate of drug-likeness (QED) is 0.867. The lowest BCUT2D eigenvalue weighted by Crippen LogP contribution is -2.28. The van der Waals surface area contributed by atoms with E-state index >= 15 is 0 Å². The van der Waals surface area contributed by atoms with E-state index in [0.29, 0.717) is 11.4 Å². The Hall–Kier alpha value is -1.84. The molecular weight excluding hydrogens is 262 g/mol. The molecule has 1 saturated carbocycles. The van der Waals surface area contributed by atoms with Gasteiger partial charge < -0.3 is 4.57 Å². The van der Waals surface area contributed by atoms with Gasteiger partial charge in [0.15, 0.2) is 0 Å². The fourth-order valence-corrected chi connectivity index (χ4v) is 3.35. The highest BCUT2D eigenvalue weighted by molar-refractivity contribution is 5.52. The summed E-state index contributed by atoms with van der Waals surface area (Å²) < 4.78 is 3.83. The van der Waals surface area contributed by atoms with E-state index in [9.17, 15) is 4.79 Å². The van der Waals surface area contributed by atoms with Gasteiger partial charge >= 0.3 is 0 Å². The Bertz CT molecular complexity index is 717. The zero-order chi connectivity index (χ0) is 14.8. The summed E-state index contributed by atoms with van der Waals surface area (Å²) in [5.41, 5.74) is 1.77. The van der Waals surface area contributed by atoms with Gasteiger partial charge in [0, 0.05) is 18.4 Å². The molecule has 0 N–H and O–H groups in total. The van der Waals surface area contributed by atoms with Gasteiger partial charge in [0.2, 0.25) is 0 Å². The summed E-state index contributed by atoms with van der Waals surface area (Å²) >= 11 is 0. The van der Waals surface area contributed by atoms with Crippen molar-refractivity contribution in [3.63, 3.8) is 0 Å². The van der Waals surface area contributed by atoms with Crippen molar-refractivity contribution in [2.75, 3.05) is 0 Å². The number of aromatic nitrogens is 3. The van der Waals surface area contributed by atoms with Gasteiger partial charge in [0.05, 0.1) is 6.20 Å². The van der Waals surface area contributed by atoms with Crippen LogP contribution >= 0.6 is 0 Å². The van der Waals surface area contributed by atoms with Crippen LogP contribution < -0.4 is 5.56 Å². The van der Waals surface area contributed by atoms with Crippen LogP contribution in [0.3, 0.4) is 0 Å². The summed E-state index contributed by atoms with van der Waals surface area (Å²) in [6, 6.07) is 0. The lowest BCUT2D eigenvalue weighted by atomic mass is 9.89. The maximum Gasteiger partial charge on any atom is 0.276 e. The average Bonchev–Trinajstić information content (AvgIpc) is 2.88. The highest BCUT2D eigenvalue weighted by Crippen LogP contribution is 2.25. The van der Waals surface area contributed by atoms with Gasteiger partial charge in [-0.2, -0.15) is 0 Å². The van der Waals surface area contributed by atoms with E-state index in [1.54, 1.807) is 6.20 Å². The number of allylic oxidation sites excluding steroid dienone is 1. The van der Waals surface area contributed by atoms with Crippen molar-refractivity contribution < 1.29 is 0 Å². The number of aryl methyl sites for hydroxylation is 1. The molecule has 0 saturated heterocycles. The lowest BCUT2D eigenvalue weighted by Gasteiger charge is -2.23. The third-order valence-electron chi connectivity index (χ3n) is 4.51. The molecule has 0 aliphatic heterocycles. The molecule has 0 bridgehead atoms. The second-order valence-electron chi connectivity index (χ2n) is 6.06. The summed E-state index contributed by atoms with van der Waals surface area (Å²) in [4.78, 5) is 17.1. The molecule has 2 aromatic rings. The van der Waals surface area contributed by atoms with E-state index in [1.165, 1.54) is 32.1 Å². The zero-order valence-corrected chi connectivity index (χ0v) is 12.9. The molecule has 2 heterocycles. The largest absolute Gasteiger partial charge is 0.309 e. The molecule has 1 fully saturated rings. The lowest BCUT2D eigenvalue weighted by molar-refractivity contribution is 0.314. The van der Waals surface area contributed by atoms with Gasteiger partial charge in [0.25, 0.3) is 5.56 Å². The minimum atomic E-state index is 0.0869. The van der Waals surface area contributed by atoms with Crippen LogP contribution in [0.15, 0.2) is 23.3 Å². The number of nitrogens with zero attached hydrogens (tertiary/aromatic N) is 3. The molecule has 0 aromatic carbocycles. The van der Waals surface area contributed by atoms with Gasteiger partial charge in [-0.15, -0.1) is 0 Å². The maximum atomic E-state index is 12.7. The second-order valence-corrected chi connectivity index (χ2v) is 6.06. The van der Waals surface area contributed by atoms with Crippen molar-refractivity contribution in [3.8, 4) is 0 Å². The Labute approximate surface area is 125 Å². The fraction of sp³-hybridized carbons (Fsp3) is 0.529. The second kappa shape index (κ2) is 5.88. The van der Waals surface area contributed by atoms with Crippen LogP contribution in [0.4, 0.5) is 0 Å². The third kappa shape index (κ3) is 2.67. The first-order chi connectivity index (χ1) is 10.2. The van der Waals surface area contributed by atoms with E-state index in [0.717, 1.165) is 18.1 Å². The minimum absolute atomic E-state index is 0.0869. The number of hydrogen-bond acceptors (Lipinski definition) is 2. The molecule has 0 atom stereocenters. The Morgan fingerprint density at radius 1 is 1.33 bits per heavy atom. The van der Waals surface area contributed by atoms with Crippen LogP contribution in [0, 0.1) is 12.8 Å². The van der Waals surface area contributed by atoms with Gasteiger partial charge in [0.1, 0.15) is 11.3 Å². The van der Waals surface area contributed by atoms with E-state index in [2.05, 4.69) is 4.98 Å². The van der Waals surface area contributed by atoms with Gasteiger partial charge in [-0.25, -0.2) is 4.98 Å². The summed E-state index contributed by atoms with van der Waals surface area (Å²) in [7, 11) is 0. The molecule has 112 valence electrons. The minimum Gasteiger partial charge on any atom is -0.309 e. The highest BCUT2D eigenvalue weighted by atomic mass is 16.1. The summed E-state index contributed by atoms with van der Waals surface area (Å²) in [6.07, 6.45) is 14.0. The Kier molecular flexibility index (Phi) is 3.95. The topological polar surface area (TPSA) is 39.3 Å². The van der Waals surface area contributed by atoms with Crippen LogP contribution in [-0.2, 0) is 6.54 Å². The summed E-state index contributed by atoms with van der Waals surface area (Å²) in [5, 5.41) is 0. The molecule has 0 radical (unpaired) electrons. The van der Waals surface area contributed by atoms with E-state index < -0.39 is 0 Å². The number of fused-ring (bicyclic) bond motifs is 1. The predicted molar refractivity (Wildman–Crippen MR) is 85.5 cm³/mol. The van der Waals surface area contributed by atoms with Crippen molar-refractivity contribution in [2.24, 2.45) is 5.92 Å². The van der Waals surface area contributed by atoms with Crippen molar-refractivity contribution in [1.82, 2.24) is 14.0 Å². The molecule has 0 amide bonds. The number of hydrogen-bond donors (Lipinski definition) is 0. The molecule has 0 spiro atoms. The standard InChI is InChI=1S/C17H23N3O/c1-3-7-16-18-10-15-17(21)19(13(2)11-20(15)16)12-14-8-5-4-6-9-14/h3,7,10-11,14H,4-6,8-9,12H2,1-2H3/b7-3+. The maximum absolute atomic E-state index is 12.7. The average molecular weight is 285 g/mol. The molecule has 4 heteroatoms. The van der Waals surface area contributed by atoms with Crippen molar-refractivity contribution in [2.45, 2.75) is 52.5 Å². The zero-order valence-electron chi connectivity index (χ0n) is 12.9. The Morgan fingerprint density at radius 3 is 2.81 bits per heavy atom. The summed E-state index contributed by atoms with van der Waals surface area (Å²) in [6.45, 7) is 4.83. The van der Waals surface area contributed by atoms with Gasteiger partial charge in [-0.3, -0.25) is 9.20 Å². The van der Waals surface area contributed by atoms with Crippen LogP contribution in [-0.4, -0.2) is 14.0 Å². The van der Waals surface area contributed by atoms with E-state index in [1.807, 2.05) is 41.2 Å². The first kappa shape index (κ1) is 14.1. The molecule has 3 rings (SSSR count). The van der Waals surface area contributed by atoms with Crippen molar-refractivity contribution in [3.05, 3.63) is 40.3 Å². The molecule has 4 nitrogen and oxygen atoms in total. The normalized spacial score (nSPS) is 17.0. The highest BCUT2D eigenvalue weighted by Gasteiger charge is 2.17. The predicted octanol–water partition coefficient (Wildman–Crippen LogP) is 3.42. The number of rotatable bonds is 3. The van der Waals surface area contributed by atoms with Crippen LogP contribution in [0.25, 0.3) is 11.6 Å². The molecule has 2 aromatic heterocycles. The molecular formula is C17H23N3O. The smallest absolute Gasteiger partial charge is 0.276 e. The number of imidazole rings is 1.